The summed E-state index contributed by atoms with van der Waals surface area (Å²) in [6.07, 6.45) is 5.89. The highest BCUT2D eigenvalue weighted by Crippen LogP contribution is 2.23. The van der Waals surface area contributed by atoms with Crippen molar-refractivity contribution in [2.24, 2.45) is 0 Å². The monoisotopic (exact) mass is 425 g/mol. The van der Waals surface area contributed by atoms with Crippen molar-refractivity contribution in [1.29, 1.82) is 0 Å². The fourth-order valence-electron chi connectivity index (χ4n) is 3.37. The molecule has 5 rings (SSSR count). The molecule has 0 saturated carbocycles. The van der Waals surface area contributed by atoms with Crippen molar-refractivity contribution < 1.29 is 4.79 Å². The number of imidazole rings is 1. The molecule has 0 spiro atoms. The van der Waals surface area contributed by atoms with E-state index in [0.29, 0.717) is 12.2 Å². The lowest BCUT2D eigenvalue weighted by molar-refractivity contribution is -0.115. The van der Waals surface area contributed by atoms with Crippen LogP contribution in [-0.2, 0) is 11.2 Å². The van der Waals surface area contributed by atoms with Gasteiger partial charge in [-0.3, -0.25) is 9.20 Å². The number of benzene rings is 2. The number of carbonyl (C=O) groups excluding carboxylic acids is 1. The molecule has 31 heavy (non-hydrogen) atoms. The molecular formula is C24H19N5OS. The second-order valence-corrected chi connectivity index (χ2v) is 8.27. The minimum atomic E-state index is -0.0538. The Hall–Kier alpha value is -3.84. The van der Waals surface area contributed by atoms with Crippen LogP contribution < -0.4 is 5.32 Å². The van der Waals surface area contributed by atoms with E-state index in [1.807, 2.05) is 83.7 Å². The third-order valence-corrected chi connectivity index (χ3v) is 5.71. The predicted molar refractivity (Wildman–Crippen MR) is 123 cm³/mol. The molecule has 0 aliphatic heterocycles. The number of nitrogens with zero attached hydrogens (tertiary/aromatic N) is 4. The minimum Gasteiger partial charge on any atom is -0.326 e. The van der Waals surface area contributed by atoms with Gasteiger partial charge in [0.25, 0.3) is 0 Å². The van der Waals surface area contributed by atoms with Crippen LogP contribution in [0.15, 0.2) is 78.6 Å². The SMILES string of the molecule is Cc1nc(-c2ccc(CC(=O)Nc3ccc(-c4cn5cccnc5n4)cc3)cc2)cs1. The van der Waals surface area contributed by atoms with Gasteiger partial charge in [0, 0.05) is 40.8 Å². The van der Waals surface area contributed by atoms with Gasteiger partial charge in [-0.25, -0.2) is 15.0 Å². The number of fused-ring (bicyclic) bond motifs is 1. The van der Waals surface area contributed by atoms with Gasteiger partial charge >= 0.3 is 0 Å². The Morgan fingerprint density at radius 1 is 1.00 bits per heavy atom. The molecule has 0 aliphatic rings. The van der Waals surface area contributed by atoms with Gasteiger partial charge < -0.3 is 5.32 Å². The summed E-state index contributed by atoms with van der Waals surface area (Å²) in [5.74, 6) is 0.604. The summed E-state index contributed by atoms with van der Waals surface area (Å²) in [6, 6.07) is 17.5. The van der Waals surface area contributed by atoms with E-state index < -0.39 is 0 Å². The Balaban J connectivity index is 1.23. The maximum absolute atomic E-state index is 12.5. The highest BCUT2D eigenvalue weighted by Gasteiger charge is 2.08. The number of anilines is 1. The Kier molecular flexibility index (Phi) is 5.01. The molecule has 3 heterocycles. The fourth-order valence-corrected chi connectivity index (χ4v) is 4.00. The Morgan fingerprint density at radius 2 is 1.74 bits per heavy atom. The number of rotatable bonds is 5. The number of thiazole rings is 1. The third-order valence-electron chi connectivity index (χ3n) is 4.93. The van der Waals surface area contributed by atoms with Gasteiger partial charge in [0.1, 0.15) is 0 Å². The van der Waals surface area contributed by atoms with Crippen LogP contribution in [0.25, 0.3) is 28.3 Å². The smallest absolute Gasteiger partial charge is 0.234 e. The molecule has 1 N–H and O–H groups in total. The van der Waals surface area contributed by atoms with Crippen molar-refractivity contribution >= 4 is 28.7 Å². The number of hydrogen-bond donors (Lipinski definition) is 1. The average molecular weight is 426 g/mol. The Morgan fingerprint density at radius 3 is 2.45 bits per heavy atom. The van der Waals surface area contributed by atoms with Crippen molar-refractivity contribution in [3.63, 3.8) is 0 Å². The molecule has 0 unspecified atom stereocenters. The first-order valence-electron chi connectivity index (χ1n) is 9.85. The Labute approximate surface area is 183 Å². The van der Waals surface area contributed by atoms with Gasteiger partial charge in [-0.05, 0) is 30.7 Å². The molecule has 0 bridgehead atoms. The van der Waals surface area contributed by atoms with Crippen molar-refractivity contribution in [2.45, 2.75) is 13.3 Å². The van der Waals surface area contributed by atoms with Gasteiger partial charge in [0.05, 0.1) is 22.8 Å². The van der Waals surface area contributed by atoms with Crippen LogP contribution in [0.1, 0.15) is 10.6 Å². The van der Waals surface area contributed by atoms with Crippen molar-refractivity contribution in [1.82, 2.24) is 19.4 Å². The summed E-state index contributed by atoms with van der Waals surface area (Å²) < 4.78 is 1.88. The molecule has 2 aromatic carbocycles. The standard InChI is InChI=1S/C24H19N5OS/c1-16-26-22(15-31-16)19-5-3-17(4-6-19)13-23(30)27-20-9-7-18(8-10-20)21-14-29-12-2-11-25-24(29)28-21/h2-12,14-15H,13H2,1H3,(H,27,30). The highest BCUT2D eigenvalue weighted by atomic mass is 32.1. The number of nitrogens with one attached hydrogen (secondary N) is 1. The number of hydrogen-bond acceptors (Lipinski definition) is 5. The van der Waals surface area contributed by atoms with Crippen molar-refractivity contribution in [3.05, 3.63) is 89.1 Å². The quantitative estimate of drug-likeness (QED) is 0.430. The van der Waals surface area contributed by atoms with Crippen LogP contribution in [0, 0.1) is 6.92 Å². The molecule has 7 heteroatoms. The first kappa shape index (κ1) is 19.1. The maximum Gasteiger partial charge on any atom is 0.234 e. The number of amides is 1. The molecule has 1 amide bonds. The van der Waals surface area contributed by atoms with Gasteiger partial charge in [-0.1, -0.05) is 36.4 Å². The molecule has 0 atom stereocenters. The minimum absolute atomic E-state index is 0.0538. The highest BCUT2D eigenvalue weighted by molar-refractivity contribution is 7.09. The summed E-state index contributed by atoms with van der Waals surface area (Å²) in [5.41, 5.74) is 5.56. The molecule has 0 aliphatic carbocycles. The molecule has 5 aromatic rings. The molecule has 3 aromatic heterocycles. The Bertz CT molecular complexity index is 1320. The van der Waals surface area contributed by atoms with E-state index >= 15 is 0 Å². The summed E-state index contributed by atoms with van der Waals surface area (Å²) >= 11 is 1.63. The van der Waals surface area contributed by atoms with E-state index in [2.05, 4.69) is 20.3 Å². The summed E-state index contributed by atoms with van der Waals surface area (Å²) in [4.78, 5) is 25.7. The third kappa shape index (κ3) is 4.22. The van der Waals surface area contributed by atoms with E-state index in [9.17, 15) is 4.79 Å². The van der Waals surface area contributed by atoms with Crippen LogP contribution in [0.5, 0.6) is 0 Å². The molecule has 152 valence electrons. The summed E-state index contributed by atoms with van der Waals surface area (Å²) in [7, 11) is 0. The van der Waals surface area contributed by atoms with Crippen LogP contribution in [0.4, 0.5) is 5.69 Å². The molecule has 0 radical (unpaired) electrons. The van der Waals surface area contributed by atoms with E-state index in [0.717, 1.165) is 38.8 Å². The molecule has 0 saturated heterocycles. The number of aryl methyl sites for hydroxylation is 1. The lowest BCUT2D eigenvalue weighted by Crippen LogP contribution is -2.14. The second kappa shape index (κ2) is 8.12. The van der Waals surface area contributed by atoms with Crippen LogP contribution in [0.3, 0.4) is 0 Å². The fraction of sp³-hybridized carbons (Fsp3) is 0.0833. The number of aromatic nitrogens is 4. The predicted octanol–water partition coefficient (Wildman–Crippen LogP) is 5.01. The lowest BCUT2D eigenvalue weighted by atomic mass is 10.1. The summed E-state index contributed by atoms with van der Waals surface area (Å²) in [5, 5.41) is 6.05. The van der Waals surface area contributed by atoms with Gasteiger partial charge in [-0.15, -0.1) is 11.3 Å². The zero-order valence-corrected chi connectivity index (χ0v) is 17.6. The van der Waals surface area contributed by atoms with Gasteiger partial charge in [0.15, 0.2) is 0 Å². The number of carbonyl (C=O) groups is 1. The van der Waals surface area contributed by atoms with Crippen molar-refractivity contribution in [3.8, 4) is 22.5 Å². The lowest BCUT2D eigenvalue weighted by Gasteiger charge is -2.07. The van der Waals surface area contributed by atoms with Gasteiger partial charge in [-0.2, -0.15) is 0 Å². The van der Waals surface area contributed by atoms with E-state index in [-0.39, 0.29) is 5.91 Å². The van der Waals surface area contributed by atoms with Gasteiger partial charge in [0.2, 0.25) is 11.7 Å². The van der Waals surface area contributed by atoms with Crippen LogP contribution >= 0.6 is 11.3 Å². The maximum atomic E-state index is 12.5. The first-order valence-corrected chi connectivity index (χ1v) is 10.7. The zero-order valence-electron chi connectivity index (χ0n) is 16.8. The van der Waals surface area contributed by atoms with Crippen molar-refractivity contribution in [2.75, 3.05) is 5.32 Å². The van der Waals surface area contributed by atoms with Crippen LogP contribution in [0.2, 0.25) is 0 Å². The van der Waals surface area contributed by atoms with Crippen LogP contribution in [-0.4, -0.2) is 25.3 Å². The molecular weight excluding hydrogens is 406 g/mol. The topological polar surface area (TPSA) is 72.2 Å². The van der Waals surface area contributed by atoms with E-state index in [1.165, 1.54) is 0 Å². The second-order valence-electron chi connectivity index (χ2n) is 7.20. The zero-order chi connectivity index (χ0) is 21.2. The molecule has 6 nitrogen and oxygen atoms in total. The first-order chi connectivity index (χ1) is 15.1. The van der Waals surface area contributed by atoms with E-state index in [1.54, 1.807) is 17.5 Å². The average Bonchev–Trinajstić information content (AvgIpc) is 3.41. The normalized spacial score (nSPS) is 11.0. The summed E-state index contributed by atoms with van der Waals surface area (Å²) in [6.45, 7) is 1.99. The molecule has 0 fully saturated rings. The van der Waals surface area contributed by atoms with E-state index in [4.69, 9.17) is 0 Å². The largest absolute Gasteiger partial charge is 0.326 e.